The van der Waals surface area contributed by atoms with Crippen molar-refractivity contribution in [2.75, 3.05) is 13.1 Å². The third kappa shape index (κ3) is 2.01. The van der Waals surface area contributed by atoms with Gasteiger partial charge in [0, 0.05) is 17.3 Å². The number of fused-ring (bicyclic) bond motifs is 4. The lowest BCUT2D eigenvalue weighted by atomic mass is 9.77. The smallest absolute Gasteiger partial charge is 0.217 e. The molecule has 0 radical (unpaired) electrons. The summed E-state index contributed by atoms with van der Waals surface area (Å²) in [6, 6.07) is 0.390. The summed E-state index contributed by atoms with van der Waals surface area (Å²) in [5.41, 5.74) is 7.56. The van der Waals surface area contributed by atoms with Crippen LogP contribution in [0.25, 0.3) is 0 Å². The molecule has 2 unspecified atom stereocenters. The Labute approximate surface area is 126 Å². The van der Waals surface area contributed by atoms with Crippen LogP contribution in [0.3, 0.4) is 0 Å². The minimum atomic E-state index is 0.257. The Balaban J connectivity index is 1.79. The molecule has 1 saturated carbocycles. The summed E-state index contributed by atoms with van der Waals surface area (Å²) in [7, 11) is 0. The molecule has 0 aromatic carbocycles. The van der Waals surface area contributed by atoms with Crippen LogP contribution in [-0.4, -0.2) is 41.4 Å². The maximum atomic E-state index is 5.90. The average Bonchev–Trinajstić information content (AvgIpc) is 2.81. The highest BCUT2D eigenvalue weighted by Crippen LogP contribution is 2.44. The van der Waals surface area contributed by atoms with E-state index in [2.05, 4.69) is 33.2 Å². The molecule has 5 heteroatoms. The van der Waals surface area contributed by atoms with Crippen molar-refractivity contribution < 1.29 is 0 Å². The van der Waals surface area contributed by atoms with Crippen molar-refractivity contribution in [1.29, 1.82) is 0 Å². The lowest BCUT2D eigenvalue weighted by Crippen LogP contribution is -2.52. The molecule has 1 aliphatic carbocycles. The lowest BCUT2D eigenvalue weighted by molar-refractivity contribution is 0.143. The van der Waals surface area contributed by atoms with E-state index in [-0.39, 0.29) is 5.54 Å². The molecule has 3 aliphatic heterocycles. The number of nitrogens with zero attached hydrogens (tertiary/aromatic N) is 3. The van der Waals surface area contributed by atoms with E-state index in [9.17, 15) is 0 Å². The van der Waals surface area contributed by atoms with Gasteiger partial charge in [-0.3, -0.25) is 4.99 Å². The van der Waals surface area contributed by atoms with Crippen LogP contribution in [0, 0.1) is 5.92 Å². The van der Waals surface area contributed by atoms with E-state index in [1.54, 1.807) is 0 Å². The van der Waals surface area contributed by atoms with Crippen LogP contribution in [0.15, 0.2) is 21.8 Å². The van der Waals surface area contributed by atoms with Gasteiger partial charge in [-0.25, -0.2) is 0 Å². The standard InChI is InChI=1S/C16H25N5/c1-11-13-9-12-10-19-15(17)20-14(12)21(13)16(7-8-18-11)5-3-2-4-6-16/h9,11-12,18H,2-8,10H2,1H3,(H2,17,19). The van der Waals surface area contributed by atoms with Gasteiger partial charge in [-0.2, -0.15) is 4.99 Å². The second-order valence-electron chi connectivity index (χ2n) is 6.91. The highest BCUT2D eigenvalue weighted by Gasteiger charge is 2.48. The SMILES string of the molecule is CC1NCCC2(CCCCC2)N2C1=CC1CN=C(N)N=C12. The molecule has 0 amide bonds. The predicted molar refractivity (Wildman–Crippen MR) is 85.2 cm³/mol. The second kappa shape index (κ2) is 4.83. The minimum absolute atomic E-state index is 0.257. The molecular weight excluding hydrogens is 262 g/mol. The Morgan fingerprint density at radius 1 is 1.29 bits per heavy atom. The fraction of sp³-hybridized carbons (Fsp3) is 0.750. The minimum Gasteiger partial charge on any atom is -0.368 e. The normalized spacial score (nSPS) is 34.5. The lowest BCUT2D eigenvalue weighted by Gasteiger charge is -2.47. The van der Waals surface area contributed by atoms with Gasteiger partial charge in [0.15, 0.2) is 0 Å². The largest absolute Gasteiger partial charge is 0.368 e. The van der Waals surface area contributed by atoms with Gasteiger partial charge in [-0.15, -0.1) is 0 Å². The van der Waals surface area contributed by atoms with Crippen LogP contribution < -0.4 is 11.1 Å². The number of hydrogen-bond donors (Lipinski definition) is 2. The number of aliphatic imine (C=N–C) groups is 2. The molecule has 3 heterocycles. The van der Waals surface area contributed by atoms with Gasteiger partial charge in [0.1, 0.15) is 5.84 Å². The van der Waals surface area contributed by atoms with Crippen LogP contribution >= 0.6 is 0 Å². The van der Waals surface area contributed by atoms with E-state index in [1.807, 2.05) is 0 Å². The molecule has 2 fully saturated rings. The third-order valence-corrected chi connectivity index (χ3v) is 5.61. The van der Waals surface area contributed by atoms with Crippen molar-refractivity contribution in [3.05, 3.63) is 11.8 Å². The molecule has 1 saturated heterocycles. The molecule has 21 heavy (non-hydrogen) atoms. The summed E-state index contributed by atoms with van der Waals surface area (Å²) in [4.78, 5) is 11.5. The molecule has 4 aliphatic rings. The molecule has 0 aromatic rings. The van der Waals surface area contributed by atoms with Crippen molar-refractivity contribution in [2.24, 2.45) is 21.6 Å². The van der Waals surface area contributed by atoms with Gasteiger partial charge in [0.05, 0.1) is 12.5 Å². The number of guanidine groups is 1. The van der Waals surface area contributed by atoms with E-state index < -0.39 is 0 Å². The van der Waals surface area contributed by atoms with Gasteiger partial charge in [0.2, 0.25) is 5.96 Å². The third-order valence-electron chi connectivity index (χ3n) is 5.61. The molecule has 1 spiro atoms. The zero-order valence-corrected chi connectivity index (χ0v) is 12.8. The van der Waals surface area contributed by atoms with Crippen molar-refractivity contribution >= 4 is 11.8 Å². The van der Waals surface area contributed by atoms with Crippen molar-refractivity contribution in [2.45, 2.75) is 57.0 Å². The Hall–Kier alpha value is -1.36. The Kier molecular flexibility index (Phi) is 3.06. The van der Waals surface area contributed by atoms with Crippen molar-refractivity contribution in [3.8, 4) is 0 Å². The first kappa shape index (κ1) is 13.3. The van der Waals surface area contributed by atoms with E-state index in [0.29, 0.717) is 17.9 Å². The number of amidine groups is 1. The van der Waals surface area contributed by atoms with E-state index >= 15 is 0 Å². The van der Waals surface area contributed by atoms with Crippen molar-refractivity contribution in [3.63, 3.8) is 0 Å². The summed E-state index contributed by atoms with van der Waals surface area (Å²) in [6.45, 7) is 4.12. The van der Waals surface area contributed by atoms with Crippen LogP contribution in [0.2, 0.25) is 0 Å². The summed E-state index contributed by atoms with van der Waals surface area (Å²) in [5.74, 6) is 1.94. The van der Waals surface area contributed by atoms with Gasteiger partial charge in [0.25, 0.3) is 0 Å². The maximum Gasteiger partial charge on any atom is 0.217 e. The molecule has 0 bridgehead atoms. The number of nitrogens with one attached hydrogen (secondary N) is 1. The molecule has 3 N–H and O–H groups in total. The Morgan fingerprint density at radius 2 is 2.10 bits per heavy atom. The number of rotatable bonds is 0. The summed E-state index contributed by atoms with van der Waals surface area (Å²) >= 11 is 0. The highest BCUT2D eigenvalue weighted by atomic mass is 15.3. The Morgan fingerprint density at radius 3 is 2.90 bits per heavy atom. The fourth-order valence-corrected chi connectivity index (χ4v) is 4.54. The van der Waals surface area contributed by atoms with E-state index in [4.69, 9.17) is 5.73 Å². The van der Waals surface area contributed by atoms with Crippen LogP contribution in [0.5, 0.6) is 0 Å². The molecule has 5 nitrogen and oxygen atoms in total. The topological polar surface area (TPSA) is 66.0 Å². The highest BCUT2D eigenvalue weighted by molar-refractivity contribution is 6.02. The van der Waals surface area contributed by atoms with Crippen LogP contribution in [0.4, 0.5) is 0 Å². The Bertz CT molecular complexity index is 527. The van der Waals surface area contributed by atoms with Crippen LogP contribution in [0.1, 0.15) is 45.4 Å². The zero-order valence-electron chi connectivity index (χ0n) is 12.8. The first-order valence-electron chi connectivity index (χ1n) is 8.33. The average molecular weight is 287 g/mol. The first-order valence-corrected chi connectivity index (χ1v) is 8.33. The zero-order chi connectivity index (χ0) is 14.4. The molecule has 4 rings (SSSR count). The fourth-order valence-electron chi connectivity index (χ4n) is 4.54. The summed E-state index contributed by atoms with van der Waals surface area (Å²) in [5, 5.41) is 3.67. The monoisotopic (exact) mass is 287 g/mol. The summed E-state index contributed by atoms with van der Waals surface area (Å²) in [6.07, 6.45) is 10.2. The van der Waals surface area contributed by atoms with Gasteiger partial charge in [-0.05, 0) is 32.7 Å². The number of hydrogen-bond acceptors (Lipinski definition) is 5. The van der Waals surface area contributed by atoms with E-state index in [1.165, 1.54) is 44.2 Å². The van der Waals surface area contributed by atoms with Crippen molar-refractivity contribution in [1.82, 2.24) is 10.2 Å². The molecule has 114 valence electrons. The molecular formula is C16H25N5. The quantitative estimate of drug-likeness (QED) is 0.711. The predicted octanol–water partition coefficient (Wildman–Crippen LogP) is 1.61. The van der Waals surface area contributed by atoms with Crippen LogP contribution in [-0.2, 0) is 0 Å². The second-order valence-corrected chi connectivity index (χ2v) is 6.91. The maximum absolute atomic E-state index is 5.90. The van der Waals surface area contributed by atoms with E-state index in [0.717, 1.165) is 18.9 Å². The van der Waals surface area contributed by atoms with Gasteiger partial charge in [-0.1, -0.05) is 25.3 Å². The van der Waals surface area contributed by atoms with Gasteiger partial charge < -0.3 is 16.0 Å². The first-order chi connectivity index (χ1) is 10.2. The van der Waals surface area contributed by atoms with Gasteiger partial charge >= 0.3 is 0 Å². The summed E-state index contributed by atoms with van der Waals surface area (Å²) < 4.78 is 0. The molecule has 0 aromatic heterocycles. The number of nitrogens with two attached hydrogens (primary N) is 1. The molecule has 2 atom stereocenters.